The van der Waals surface area contributed by atoms with Gasteiger partial charge in [-0.05, 0) is 23.8 Å². The third kappa shape index (κ3) is 5.59. The predicted molar refractivity (Wildman–Crippen MR) is 73.9 cm³/mol. The molecule has 0 spiro atoms. The number of carboxylic acid groups (broad SMARTS) is 1. The van der Waals surface area contributed by atoms with Crippen LogP contribution in [0.1, 0.15) is 5.56 Å². The zero-order valence-electron chi connectivity index (χ0n) is 10.9. The number of carboxylic acids is 1. The molecular formula is C15H16O4. The molecule has 0 heterocycles. The molecule has 0 aliphatic rings. The van der Waals surface area contributed by atoms with Gasteiger partial charge in [-0.25, -0.2) is 4.79 Å². The summed E-state index contributed by atoms with van der Waals surface area (Å²) in [6, 6.07) is 7.59. The number of hydrogen-bond acceptors (Lipinski definition) is 3. The molecule has 1 N–H and O–H groups in total. The molecule has 0 aliphatic heterocycles. The second-order valence-corrected chi connectivity index (χ2v) is 3.58. The van der Waals surface area contributed by atoms with Gasteiger partial charge in [0.25, 0.3) is 0 Å². The highest BCUT2D eigenvalue weighted by molar-refractivity contribution is 5.80. The molecule has 0 saturated heterocycles. The molecule has 0 radical (unpaired) electrons. The summed E-state index contributed by atoms with van der Waals surface area (Å²) in [6.45, 7) is 0. The number of allylic oxidation sites excluding steroid dienone is 3. The van der Waals surface area contributed by atoms with Crippen LogP contribution in [-0.4, -0.2) is 25.3 Å². The van der Waals surface area contributed by atoms with Crippen LogP contribution in [0.15, 0.2) is 54.3 Å². The molecule has 0 unspecified atom stereocenters. The van der Waals surface area contributed by atoms with Crippen molar-refractivity contribution in [3.8, 4) is 5.75 Å². The molecule has 0 aromatic heterocycles. The molecule has 0 aliphatic carbocycles. The monoisotopic (exact) mass is 260 g/mol. The summed E-state index contributed by atoms with van der Waals surface area (Å²) >= 11 is 0. The van der Waals surface area contributed by atoms with E-state index in [4.69, 9.17) is 14.6 Å². The summed E-state index contributed by atoms with van der Waals surface area (Å²) in [4.78, 5) is 10.5. The van der Waals surface area contributed by atoms with Gasteiger partial charge in [0.05, 0.1) is 20.3 Å². The van der Waals surface area contributed by atoms with E-state index in [-0.39, 0.29) is 5.76 Å². The van der Waals surface area contributed by atoms with Gasteiger partial charge in [-0.15, -0.1) is 0 Å². The van der Waals surface area contributed by atoms with Crippen molar-refractivity contribution in [1.29, 1.82) is 0 Å². The molecule has 0 bridgehead atoms. The van der Waals surface area contributed by atoms with Crippen LogP contribution in [0.2, 0.25) is 0 Å². The normalized spacial score (nSPS) is 12.0. The zero-order chi connectivity index (χ0) is 14.1. The van der Waals surface area contributed by atoms with E-state index in [1.165, 1.54) is 7.11 Å². The zero-order valence-corrected chi connectivity index (χ0v) is 10.9. The fraction of sp³-hybridized carbons (Fsp3) is 0.133. The van der Waals surface area contributed by atoms with Gasteiger partial charge in [-0.1, -0.05) is 30.4 Å². The number of benzene rings is 1. The van der Waals surface area contributed by atoms with Crippen molar-refractivity contribution >= 4 is 12.0 Å². The Kier molecular flexibility index (Phi) is 5.95. The Bertz CT molecular complexity index is 495. The van der Waals surface area contributed by atoms with Gasteiger partial charge in [0.1, 0.15) is 11.5 Å². The minimum absolute atomic E-state index is 0.284. The number of carbonyl (C=O) groups is 1. The largest absolute Gasteiger partial charge is 0.497 e. The summed E-state index contributed by atoms with van der Waals surface area (Å²) in [5.41, 5.74) is 1.02. The molecule has 1 aromatic rings. The van der Waals surface area contributed by atoms with Crippen LogP contribution < -0.4 is 4.74 Å². The lowest BCUT2D eigenvalue weighted by atomic mass is 10.2. The Balaban J connectivity index is 2.63. The number of hydrogen-bond donors (Lipinski definition) is 1. The average Bonchev–Trinajstić information content (AvgIpc) is 2.42. The highest BCUT2D eigenvalue weighted by atomic mass is 16.5. The molecule has 100 valence electrons. The van der Waals surface area contributed by atoms with E-state index >= 15 is 0 Å². The number of rotatable bonds is 6. The molecule has 1 rings (SSSR count). The topological polar surface area (TPSA) is 55.8 Å². The van der Waals surface area contributed by atoms with Crippen LogP contribution in [0.5, 0.6) is 5.75 Å². The molecular weight excluding hydrogens is 244 g/mol. The lowest BCUT2D eigenvalue weighted by Crippen LogP contribution is -1.91. The number of ether oxygens (including phenoxy) is 2. The minimum Gasteiger partial charge on any atom is -0.497 e. The highest BCUT2D eigenvalue weighted by Gasteiger charge is 1.93. The fourth-order valence-electron chi connectivity index (χ4n) is 1.33. The van der Waals surface area contributed by atoms with Gasteiger partial charge in [-0.3, -0.25) is 0 Å². The predicted octanol–water partition coefficient (Wildman–Crippen LogP) is 2.88. The van der Waals surface area contributed by atoms with Crippen molar-refractivity contribution in [2.75, 3.05) is 14.2 Å². The number of aliphatic carboxylic acids is 1. The summed E-state index contributed by atoms with van der Waals surface area (Å²) in [7, 11) is 3.04. The first-order chi connectivity index (χ1) is 9.15. The standard InChI is InChI=1S/C15H16O4/c1-18-13-9-7-12(8-10-13)5-3-4-6-14(19-2)11-15(16)17/h3-11H,1-2H3,(H,16,17). The highest BCUT2D eigenvalue weighted by Crippen LogP contribution is 2.12. The second-order valence-electron chi connectivity index (χ2n) is 3.58. The molecule has 1 aromatic carbocycles. The van der Waals surface area contributed by atoms with Crippen molar-refractivity contribution in [3.63, 3.8) is 0 Å². The van der Waals surface area contributed by atoms with Gasteiger partial charge in [0.2, 0.25) is 0 Å². The summed E-state index contributed by atoms with van der Waals surface area (Å²) in [5, 5.41) is 8.58. The van der Waals surface area contributed by atoms with Crippen molar-refractivity contribution in [2.24, 2.45) is 0 Å². The van der Waals surface area contributed by atoms with E-state index in [2.05, 4.69) is 0 Å². The molecule has 4 nitrogen and oxygen atoms in total. The maximum Gasteiger partial charge on any atom is 0.332 e. The molecule has 4 heteroatoms. The van der Waals surface area contributed by atoms with Crippen LogP contribution in [-0.2, 0) is 9.53 Å². The van der Waals surface area contributed by atoms with Crippen LogP contribution >= 0.6 is 0 Å². The van der Waals surface area contributed by atoms with Gasteiger partial charge >= 0.3 is 5.97 Å². The summed E-state index contributed by atoms with van der Waals surface area (Å²) < 4.78 is 9.95. The van der Waals surface area contributed by atoms with Crippen LogP contribution in [0, 0.1) is 0 Å². The summed E-state index contributed by atoms with van der Waals surface area (Å²) in [6.07, 6.45) is 7.98. The average molecular weight is 260 g/mol. The first kappa shape index (κ1) is 14.6. The Labute approximate surface area is 112 Å². The number of methoxy groups -OCH3 is 2. The van der Waals surface area contributed by atoms with E-state index in [0.29, 0.717) is 0 Å². The van der Waals surface area contributed by atoms with Crippen molar-refractivity contribution in [1.82, 2.24) is 0 Å². The molecule has 0 fully saturated rings. The van der Waals surface area contributed by atoms with E-state index in [1.54, 1.807) is 25.3 Å². The third-order valence-corrected chi connectivity index (χ3v) is 2.28. The van der Waals surface area contributed by atoms with Gasteiger partial charge < -0.3 is 14.6 Å². The minimum atomic E-state index is -1.04. The molecule has 19 heavy (non-hydrogen) atoms. The van der Waals surface area contributed by atoms with Gasteiger partial charge in [-0.2, -0.15) is 0 Å². The third-order valence-electron chi connectivity index (χ3n) is 2.28. The van der Waals surface area contributed by atoms with Crippen LogP contribution in [0.3, 0.4) is 0 Å². The smallest absolute Gasteiger partial charge is 0.332 e. The first-order valence-corrected chi connectivity index (χ1v) is 5.63. The van der Waals surface area contributed by atoms with Crippen LogP contribution in [0.4, 0.5) is 0 Å². The van der Waals surface area contributed by atoms with Crippen molar-refractivity contribution in [3.05, 3.63) is 59.9 Å². The lowest BCUT2D eigenvalue weighted by molar-refractivity contribution is -0.131. The SMILES string of the molecule is COC(C=CC=Cc1ccc(OC)cc1)=CC(=O)O. The van der Waals surface area contributed by atoms with Gasteiger partial charge in [0.15, 0.2) is 0 Å². The molecule has 0 saturated carbocycles. The maximum atomic E-state index is 10.5. The Morgan fingerprint density at radius 3 is 2.37 bits per heavy atom. The van der Waals surface area contributed by atoms with E-state index in [1.807, 2.05) is 30.3 Å². The van der Waals surface area contributed by atoms with Crippen molar-refractivity contribution in [2.45, 2.75) is 0 Å². The lowest BCUT2D eigenvalue weighted by Gasteiger charge is -1.98. The Morgan fingerprint density at radius 2 is 1.84 bits per heavy atom. The van der Waals surface area contributed by atoms with E-state index in [0.717, 1.165) is 17.4 Å². The van der Waals surface area contributed by atoms with Gasteiger partial charge in [0, 0.05) is 0 Å². The van der Waals surface area contributed by atoms with E-state index in [9.17, 15) is 4.79 Å². The first-order valence-electron chi connectivity index (χ1n) is 5.63. The van der Waals surface area contributed by atoms with Crippen LogP contribution in [0.25, 0.3) is 6.08 Å². The molecule has 0 amide bonds. The quantitative estimate of drug-likeness (QED) is 0.485. The second kappa shape index (κ2) is 7.76. The Morgan fingerprint density at radius 1 is 1.16 bits per heavy atom. The fourth-order valence-corrected chi connectivity index (χ4v) is 1.33. The maximum absolute atomic E-state index is 10.5. The molecule has 0 atom stereocenters. The summed E-state index contributed by atoms with van der Waals surface area (Å²) in [5.74, 6) is 0.0475. The van der Waals surface area contributed by atoms with Crippen molar-refractivity contribution < 1.29 is 19.4 Å². The Hall–Kier alpha value is -2.49. The van der Waals surface area contributed by atoms with E-state index < -0.39 is 5.97 Å².